The number of rotatable bonds is 14. The molecule has 2 aliphatic heterocycles. The Morgan fingerprint density at radius 3 is 2.25 bits per heavy atom. The van der Waals surface area contributed by atoms with Crippen LogP contribution in [0.4, 0.5) is 0 Å². The quantitative estimate of drug-likeness (QED) is 0.0942. The molecule has 1 unspecified atom stereocenters. The number of carbonyl (C=O) groups is 1. The van der Waals surface area contributed by atoms with Crippen molar-refractivity contribution in [2.75, 3.05) is 32.8 Å². The van der Waals surface area contributed by atoms with E-state index in [0.717, 1.165) is 54.1 Å². The molecule has 9 heteroatoms. The maximum Gasteiger partial charge on any atom is 0.251 e. The number of carbonyl (C=O) groups excluding carboxylic acids is 1. The summed E-state index contributed by atoms with van der Waals surface area (Å²) in [5, 5.41) is 1.05. The standard InChI is InChI=1S/C46H51Cl2N3O4/c1-32(2)38-15-17-41(18-16-38)53-26-19-36-11-13-37(14-12-36)29-50-22-24-51(25-23-50)45(52)35(5)34(4)40-27-33(3)44(43(48)28-40)55-46(20-8-21-49-31-46)54-30-39-9-6-7-10-42(39)47/h6-18,21,27-28,31-32H,19-20,22-26,29-30H2,1-5H3. The topological polar surface area (TPSA) is 63.6 Å². The number of benzene rings is 4. The Morgan fingerprint density at radius 2 is 1.60 bits per heavy atom. The molecule has 4 aromatic rings. The van der Waals surface area contributed by atoms with Crippen LogP contribution in [0.3, 0.4) is 0 Å². The third kappa shape index (κ3) is 10.5. The summed E-state index contributed by atoms with van der Waals surface area (Å²) in [6, 6.07) is 28.6. The van der Waals surface area contributed by atoms with Crippen LogP contribution in [0, 0.1) is 6.92 Å². The summed E-state index contributed by atoms with van der Waals surface area (Å²) >= 11 is 13.3. The zero-order chi connectivity index (χ0) is 39.0. The molecule has 55 heavy (non-hydrogen) atoms. The van der Waals surface area contributed by atoms with E-state index < -0.39 is 5.79 Å². The van der Waals surface area contributed by atoms with E-state index in [1.54, 1.807) is 12.4 Å². The molecule has 0 aliphatic carbocycles. The van der Waals surface area contributed by atoms with Crippen LogP contribution in [0.2, 0.25) is 10.0 Å². The minimum absolute atomic E-state index is 0.0471. The number of hydrogen-bond donors (Lipinski definition) is 0. The monoisotopic (exact) mass is 779 g/mol. The van der Waals surface area contributed by atoms with Crippen LogP contribution in [0.5, 0.6) is 11.5 Å². The maximum atomic E-state index is 13.7. The molecular formula is C46H51Cl2N3O4. The number of halogens is 2. The smallest absolute Gasteiger partial charge is 0.251 e. The molecule has 0 radical (unpaired) electrons. The highest BCUT2D eigenvalue weighted by Crippen LogP contribution is 2.37. The number of hydrogen-bond acceptors (Lipinski definition) is 6. The van der Waals surface area contributed by atoms with Crippen LogP contribution >= 0.6 is 23.2 Å². The Labute approximate surface area is 336 Å². The number of piperazine rings is 1. The predicted octanol–water partition coefficient (Wildman–Crippen LogP) is 10.5. The lowest BCUT2D eigenvalue weighted by molar-refractivity contribution is -0.134. The molecule has 2 heterocycles. The predicted molar refractivity (Wildman–Crippen MR) is 224 cm³/mol. The first-order valence-electron chi connectivity index (χ1n) is 19.1. The fraction of sp³-hybridized carbons (Fsp3) is 0.348. The fourth-order valence-corrected chi connectivity index (χ4v) is 7.27. The fourth-order valence-electron chi connectivity index (χ4n) is 6.77. The first kappa shape index (κ1) is 40.3. The Hall–Kier alpha value is -4.40. The van der Waals surface area contributed by atoms with Crippen LogP contribution in [0.1, 0.15) is 73.4 Å². The van der Waals surface area contributed by atoms with Crippen molar-refractivity contribution < 1.29 is 19.0 Å². The average molecular weight is 781 g/mol. The minimum Gasteiger partial charge on any atom is -0.493 e. The highest BCUT2D eigenvalue weighted by Gasteiger charge is 2.34. The lowest BCUT2D eigenvalue weighted by Crippen LogP contribution is -2.48. The van der Waals surface area contributed by atoms with Gasteiger partial charge in [-0.1, -0.05) is 97.7 Å². The maximum absolute atomic E-state index is 13.7. The molecule has 0 spiro atoms. The van der Waals surface area contributed by atoms with Gasteiger partial charge in [-0.3, -0.25) is 14.7 Å². The lowest BCUT2D eigenvalue weighted by atomic mass is 9.99. The van der Waals surface area contributed by atoms with Crippen LogP contribution in [0.25, 0.3) is 5.57 Å². The number of aliphatic imine (C=N–C) groups is 1. The van der Waals surface area contributed by atoms with Crippen molar-refractivity contribution in [2.45, 2.75) is 72.3 Å². The molecule has 6 rings (SSSR count). The molecule has 0 N–H and O–H groups in total. The van der Waals surface area contributed by atoms with Crippen LogP contribution in [0.15, 0.2) is 108 Å². The number of amides is 1. The Balaban J connectivity index is 1.01. The molecule has 0 aromatic heterocycles. The second-order valence-corrected chi connectivity index (χ2v) is 15.5. The van der Waals surface area contributed by atoms with Gasteiger partial charge in [0.25, 0.3) is 5.79 Å². The van der Waals surface area contributed by atoms with Crippen LogP contribution < -0.4 is 9.47 Å². The number of aryl methyl sites for hydroxylation is 1. The first-order chi connectivity index (χ1) is 26.5. The molecule has 7 nitrogen and oxygen atoms in total. The molecule has 0 bridgehead atoms. The SMILES string of the molecule is CC(C(=O)N1CCN(Cc2ccc(CCOc3ccc(C(C)C)cc3)cc2)CC1)=C(C)c1cc(C)c(OC2(OCc3ccccc3Cl)C=NC=CC2)c(Cl)c1. The average Bonchev–Trinajstić information content (AvgIpc) is 3.19. The number of ether oxygens (including phenoxy) is 3. The van der Waals surface area contributed by atoms with E-state index in [1.807, 2.05) is 68.1 Å². The lowest BCUT2D eigenvalue weighted by Gasteiger charge is -2.35. The zero-order valence-corrected chi connectivity index (χ0v) is 34.0. The summed E-state index contributed by atoms with van der Waals surface area (Å²) < 4.78 is 18.8. The Morgan fingerprint density at radius 1 is 0.891 bits per heavy atom. The summed E-state index contributed by atoms with van der Waals surface area (Å²) in [5.74, 6) is 0.828. The van der Waals surface area contributed by atoms with E-state index in [4.69, 9.17) is 37.4 Å². The molecule has 1 atom stereocenters. The van der Waals surface area contributed by atoms with Crippen molar-refractivity contribution in [3.05, 3.63) is 146 Å². The highest BCUT2D eigenvalue weighted by atomic mass is 35.5. The minimum atomic E-state index is -1.15. The number of nitrogens with zero attached hydrogens (tertiary/aromatic N) is 3. The molecule has 2 aliphatic rings. The van der Waals surface area contributed by atoms with Crippen LogP contribution in [-0.2, 0) is 29.1 Å². The summed E-state index contributed by atoms with van der Waals surface area (Å²) in [5.41, 5.74) is 7.98. The first-order valence-corrected chi connectivity index (χ1v) is 19.8. The molecule has 0 saturated carbocycles. The normalized spacial score (nSPS) is 17.7. The largest absolute Gasteiger partial charge is 0.493 e. The van der Waals surface area contributed by atoms with Gasteiger partial charge in [0, 0.05) is 62.4 Å². The second-order valence-electron chi connectivity index (χ2n) is 14.7. The Kier molecular flexibility index (Phi) is 13.5. The van der Waals surface area contributed by atoms with Crippen molar-refractivity contribution in [2.24, 2.45) is 4.99 Å². The third-order valence-corrected chi connectivity index (χ3v) is 11.1. The van der Waals surface area contributed by atoms with Gasteiger partial charge >= 0.3 is 0 Å². The van der Waals surface area contributed by atoms with E-state index in [0.29, 0.717) is 53.4 Å². The van der Waals surface area contributed by atoms with Crippen molar-refractivity contribution in [3.8, 4) is 11.5 Å². The number of allylic oxidation sites excluding steroid dienone is 1. The summed E-state index contributed by atoms with van der Waals surface area (Å²) in [4.78, 5) is 22.4. The molecule has 288 valence electrons. The van der Waals surface area contributed by atoms with E-state index in [2.05, 4.69) is 72.3 Å². The highest BCUT2D eigenvalue weighted by molar-refractivity contribution is 6.32. The van der Waals surface area contributed by atoms with Gasteiger partial charge in [-0.05, 0) is 96.0 Å². The summed E-state index contributed by atoms with van der Waals surface area (Å²) in [6.07, 6.45) is 6.59. The molecule has 1 saturated heterocycles. The van der Waals surface area contributed by atoms with E-state index in [1.165, 1.54) is 16.7 Å². The van der Waals surface area contributed by atoms with E-state index in [9.17, 15) is 4.79 Å². The molecular weight excluding hydrogens is 729 g/mol. The zero-order valence-electron chi connectivity index (χ0n) is 32.5. The van der Waals surface area contributed by atoms with Crippen molar-refractivity contribution in [3.63, 3.8) is 0 Å². The summed E-state index contributed by atoms with van der Waals surface area (Å²) in [6.45, 7) is 14.9. The van der Waals surface area contributed by atoms with Crippen molar-refractivity contribution in [1.82, 2.24) is 9.80 Å². The van der Waals surface area contributed by atoms with Gasteiger partial charge in [0.2, 0.25) is 5.91 Å². The van der Waals surface area contributed by atoms with Crippen molar-refractivity contribution in [1.29, 1.82) is 0 Å². The van der Waals surface area contributed by atoms with Crippen molar-refractivity contribution >= 4 is 40.9 Å². The van der Waals surface area contributed by atoms with Gasteiger partial charge in [-0.2, -0.15) is 0 Å². The second kappa shape index (κ2) is 18.5. The molecule has 1 amide bonds. The van der Waals surface area contributed by atoms with Gasteiger partial charge in [0.1, 0.15) is 11.5 Å². The molecule has 4 aromatic carbocycles. The van der Waals surface area contributed by atoms with E-state index in [-0.39, 0.29) is 12.5 Å². The summed E-state index contributed by atoms with van der Waals surface area (Å²) in [7, 11) is 0. The van der Waals surface area contributed by atoms with E-state index >= 15 is 0 Å². The van der Waals surface area contributed by atoms with Gasteiger partial charge in [0.15, 0.2) is 0 Å². The molecule has 1 fully saturated rings. The Bertz CT molecular complexity index is 2010. The van der Waals surface area contributed by atoms with Gasteiger partial charge in [0.05, 0.1) is 24.5 Å². The van der Waals surface area contributed by atoms with Gasteiger partial charge < -0.3 is 19.1 Å². The van der Waals surface area contributed by atoms with Crippen LogP contribution in [-0.4, -0.2) is 60.5 Å². The van der Waals surface area contributed by atoms with Gasteiger partial charge in [-0.25, -0.2) is 0 Å². The third-order valence-electron chi connectivity index (χ3n) is 10.4. The van der Waals surface area contributed by atoms with Gasteiger partial charge in [-0.15, -0.1) is 0 Å².